The van der Waals surface area contributed by atoms with E-state index in [1.807, 2.05) is 0 Å². The summed E-state index contributed by atoms with van der Waals surface area (Å²) in [5.74, 6) is -8.85. The number of benzene rings is 3. The number of hydrogen-bond donors (Lipinski definition) is 7. The number of hydrogen-bond acceptors (Lipinski definition) is 16. The molecule has 0 radical (unpaired) electrons. The molecule has 1 saturated heterocycles. The highest BCUT2D eigenvalue weighted by atomic mass is 16.6. The van der Waals surface area contributed by atoms with Crippen molar-refractivity contribution in [1.29, 1.82) is 0 Å². The topological polar surface area (TPSA) is 256 Å². The number of carbonyl (C=O) groups is 5. The minimum Gasteiger partial charge on any atom is -0.507 e. The zero-order valence-electron chi connectivity index (χ0n) is 30.6. The summed E-state index contributed by atoms with van der Waals surface area (Å²) < 4.78 is 22.1. The van der Waals surface area contributed by atoms with Crippen molar-refractivity contribution in [3.05, 3.63) is 104 Å². The molecule has 0 saturated carbocycles. The fourth-order valence-electron chi connectivity index (χ4n) is 8.59. The number of ketones is 4. The van der Waals surface area contributed by atoms with Crippen LogP contribution in [-0.2, 0) is 37.6 Å². The van der Waals surface area contributed by atoms with E-state index in [2.05, 4.69) is 5.32 Å². The molecule has 3 aromatic carbocycles. The Labute approximate surface area is 318 Å². The van der Waals surface area contributed by atoms with E-state index in [1.165, 1.54) is 20.1 Å². The highest BCUT2D eigenvalue weighted by molar-refractivity contribution is 6.31. The second-order valence-corrected chi connectivity index (χ2v) is 14.3. The van der Waals surface area contributed by atoms with E-state index >= 15 is 0 Å². The number of esters is 1. The Balaban J connectivity index is 1.33. The molecule has 0 aromatic heterocycles. The standard InChI is InChI=1S/C40H39NO15/c1-16-10-19-11-25(44)40(54-4)36(50)28-21(35(49)39(40,52)29(19)33(48)26(16)38(51)55-15-18-8-6-5-7-9-18)12-20-27(32(28)47)24(43)13-23(30(20)45)41-37-22(14-42)31(46)34(53-3)17(2)56-37/h5-10,12-13,17,22,25,31,34,37,41-42,44,46-48,52H,11,14-15H2,1-4H3/t17-,22+,25+,31-,34-,37?,39-,40+/m0/s1. The summed E-state index contributed by atoms with van der Waals surface area (Å²) in [4.78, 5) is 70.5. The summed E-state index contributed by atoms with van der Waals surface area (Å²) in [7, 11) is 2.26. The molecule has 4 aliphatic rings. The van der Waals surface area contributed by atoms with Gasteiger partial charge in [0, 0.05) is 43.4 Å². The van der Waals surface area contributed by atoms with Crippen LogP contribution >= 0.6 is 0 Å². The molecule has 16 heteroatoms. The third kappa shape index (κ3) is 5.36. The van der Waals surface area contributed by atoms with Gasteiger partial charge in [0.1, 0.15) is 36.0 Å². The van der Waals surface area contributed by atoms with Crippen LogP contribution in [0.2, 0.25) is 0 Å². The molecule has 1 heterocycles. The molecule has 7 N–H and O–H groups in total. The molecule has 0 bridgehead atoms. The molecule has 0 amide bonds. The van der Waals surface area contributed by atoms with Gasteiger partial charge in [-0.05, 0) is 36.6 Å². The molecule has 3 aromatic rings. The van der Waals surface area contributed by atoms with E-state index in [-0.39, 0.29) is 17.7 Å². The van der Waals surface area contributed by atoms with Crippen molar-refractivity contribution in [2.24, 2.45) is 5.92 Å². The van der Waals surface area contributed by atoms with Crippen LogP contribution in [0.15, 0.2) is 54.2 Å². The molecule has 3 aliphatic carbocycles. The Hall–Kier alpha value is -5.33. The number of fused-ring (bicyclic) bond motifs is 5. The number of phenolic OH excluding ortho intramolecular Hbond substituents is 2. The lowest BCUT2D eigenvalue weighted by molar-refractivity contribution is -0.214. The summed E-state index contributed by atoms with van der Waals surface area (Å²) in [5, 5.41) is 71.2. The largest absolute Gasteiger partial charge is 0.507 e. The average molecular weight is 774 g/mol. The Kier molecular flexibility index (Phi) is 9.73. The predicted molar refractivity (Wildman–Crippen MR) is 190 cm³/mol. The second-order valence-electron chi connectivity index (χ2n) is 14.3. The van der Waals surface area contributed by atoms with Gasteiger partial charge in [0.15, 0.2) is 17.0 Å². The van der Waals surface area contributed by atoms with Gasteiger partial charge < -0.3 is 54.9 Å². The Morgan fingerprint density at radius 1 is 0.982 bits per heavy atom. The van der Waals surface area contributed by atoms with Gasteiger partial charge in [0.2, 0.25) is 17.3 Å². The van der Waals surface area contributed by atoms with Crippen LogP contribution in [0.5, 0.6) is 11.5 Å². The smallest absolute Gasteiger partial charge is 0.342 e. The first-order valence-electron chi connectivity index (χ1n) is 17.6. The van der Waals surface area contributed by atoms with Crippen molar-refractivity contribution in [3.8, 4) is 11.5 Å². The highest BCUT2D eigenvalue weighted by Gasteiger charge is 2.72. The predicted octanol–water partition coefficient (Wildman–Crippen LogP) is 0.914. The van der Waals surface area contributed by atoms with Crippen LogP contribution in [0.25, 0.3) is 0 Å². The first-order chi connectivity index (χ1) is 26.6. The third-order valence-corrected chi connectivity index (χ3v) is 11.3. The van der Waals surface area contributed by atoms with E-state index < -0.39 is 140 Å². The van der Waals surface area contributed by atoms with Crippen molar-refractivity contribution in [1.82, 2.24) is 5.32 Å². The number of rotatable bonds is 8. The van der Waals surface area contributed by atoms with Crippen LogP contribution in [-0.4, -0.2) is 117 Å². The van der Waals surface area contributed by atoms with E-state index in [0.717, 1.165) is 19.3 Å². The van der Waals surface area contributed by atoms with Gasteiger partial charge in [0.25, 0.3) is 0 Å². The number of aliphatic hydroxyl groups is 4. The summed E-state index contributed by atoms with van der Waals surface area (Å²) in [6, 6.07) is 10.8. The normalized spacial score (nSPS) is 29.5. The van der Waals surface area contributed by atoms with E-state index in [9.17, 15) is 54.6 Å². The number of Topliss-reactive ketones (excluding diaryl/α,β-unsaturated/α-hetero) is 3. The zero-order chi connectivity index (χ0) is 40.6. The third-order valence-electron chi connectivity index (χ3n) is 11.3. The first-order valence-corrected chi connectivity index (χ1v) is 17.6. The summed E-state index contributed by atoms with van der Waals surface area (Å²) in [6.45, 7) is 2.23. The molecule has 0 spiro atoms. The number of nitrogens with one attached hydrogen (secondary N) is 1. The molecule has 56 heavy (non-hydrogen) atoms. The fourth-order valence-corrected chi connectivity index (χ4v) is 8.59. The van der Waals surface area contributed by atoms with Gasteiger partial charge in [-0.15, -0.1) is 0 Å². The van der Waals surface area contributed by atoms with Crippen molar-refractivity contribution >= 4 is 29.1 Å². The molecular formula is C40H39NO15. The quantitative estimate of drug-likeness (QED) is 0.157. The zero-order valence-corrected chi connectivity index (χ0v) is 30.6. The number of carbonyl (C=O) groups excluding carboxylic acids is 5. The van der Waals surface area contributed by atoms with Crippen molar-refractivity contribution in [2.75, 3.05) is 20.8 Å². The Morgan fingerprint density at radius 2 is 1.68 bits per heavy atom. The fraction of sp³-hybridized carbons (Fsp3) is 0.375. The van der Waals surface area contributed by atoms with Crippen molar-refractivity contribution in [2.45, 2.75) is 68.7 Å². The molecular weight excluding hydrogens is 734 g/mol. The number of ether oxygens (including phenoxy) is 4. The lowest BCUT2D eigenvalue weighted by Gasteiger charge is -2.52. The number of methoxy groups -OCH3 is 2. The Morgan fingerprint density at radius 3 is 2.32 bits per heavy atom. The van der Waals surface area contributed by atoms with Crippen molar-refractivity contribution < 1.29 is 73.6 Å². The number of allylic oxidation sites excluding steroid dienone is 2. The summed E-state index contributed by atoms with van der Waals surface area (Å²) in [6.07, 6.45) is -5.70. The highest BCUT2D eigenvalue weighted by Crippen LogP contribution is 2.56. The minimum atomic E-state index is -3.28. The number of aryl methyl sites for hydroxylation is 1. The van der Waals surface area contributed by atoms with E-state index in [4.69, 9.17) is 18.9 Å². The number of aliphatic hydroxyl groups excluding tert-OH is 3. The maximum Gasteiger partial charge on any atom is 0.342 e. The van der Waals surface area contributed by atoms with E-state index in [1.54, 1.807) is 37.3 Å². The molecule has 16 nitrogen and oxygen atoms in total. The van der Waals surface area contributed by atoms with Crippen molar-refractivity contribution in [3.63, 3.8) is 0 Å². The van der Waals surface area contributed by atoms with Gasteiger partial charge in [-0.3, -0.25) is 19.2 Å². The molecule has 294 valence electrons. The minimum absolute atomic E-state index is 0.0206. The Bertz CT molecular complexity index is 2230. The molecule has 8 atom stereocenters. The molecule has 1 fully saturated rings. The monoisotopic (exact) mass is 773 g/mol. The van der Waals surface area contributed by atoms with Crippen LogP contribution < -0.4 is 5.32 Å². The second kappa shape index (κ2) is 14.0. The van der Waals surface area contributed by atoms with Gasteiger partial charge in [-0.25, -0.2) is 4.79 Å². The number of aromatic hydroxyl groups is 2. The lowest BCUT2D eigenvalue weighted by atomic mass is 9.56. The maximum atomic E-state index is 14.8. The van der Waals surface area contributed by atoms with Gasteiger partial charge in [-0.2, -0.15) is 0 Å². The first kappa shape index (κ1) is 38.9. The lowest BCUT2D eigenvalue weighted by Crippen LogP contribution is -2.73. The summed E-state index contributed by atoms with van der Waals surface area (Å²) in [5.41, 5.74) is -9.78. The SMILES string of the molecule is CO[C@@H]1[C@@H](O)[C@@H](CO)C(NC2=CC(=O)c3c(cc4c(c3O)C(=O)[C@]3(OC)[C@H](O)Cc5cc(C)c(C(=O)OCc6ccccc6)c(O)c5[C@]3(O)C4=O)C2=O)O[C@H]1C. The van der Waals surface area contributed by atoms with Crippen LogP contribution in [0, 0.1) is 12.8 Å². The van der Waals surface area contributed by atoms with Gasteiger partial charge in [-0.1, -0.05) is 36.4 Å². The van der Waals surface area contributed by atoms with Crippen LogP contribution in [0.1, 0.15) is 81.0 Å². The summed E-state index contributed by atoms with van der Waals surface area (Å²) >= 11 is 0. The molecule has 7 rings (SSSR count). The van der Waals surface area contributed by atoms with Gasteiger partial charge >= 0.3 is 5.97 Å². The molecule has 1 unspecified atom stereocenters. The molecule has 1 aliphatic heterocycles. The van der Waals surface area contributed by atoms with Crippen LogP contribution in [0.4, 0.5) is 0 Å². The average Bonchev–Trinajstić information content (AvgIpc) is 3.15. The van der Waals surface area contributed by atoms with Gasteiger partial charge in [0.05, 0.1) is 47.7 Å². The maximum absolute atomic E-state index is 14.8. The number of phenols is 2. The van der Waals surface area contributed by atoms with Crippen LogP contribution in [0.3, 0.4) is 0 Å². The van der Waals surface area contributed by atoms with E-state index in [0.29, 0.717) is 5.56 Å².